The van der Waals surface area contributed by atoms with Gasteiger partial charge in [-0.05, 0) is 0 Å². The third-order valence-corrected chi connectivity index (χ3v) is 10.3. The first-order valence-corrected chi connectivity index (χ1v) is 12.0. The quantitative estimate of drug-likeness (QED) is 0.402. The average Bonchev–Trinajstić information content (AvgIpc) is 2.51. The number of hydrogen-bond acceptors (Lipinski definition) is 0. The zero-order chi connectivity index (χ0) is 15.6. The van der Waals surface area contributed by atoms with Gasteiger partial charge in [0.1, 0.15) is 0 Å². The Bertz CT molecular complexity index is 344. The van der Waals surface area contributed by atoms with Crippen molar-refractivity contribution < 1.29 is 0 Å². The van der Waals surface area contributed by atoms with E-state index in [2.05, 4.69) is 52.0 Å². The normalized spacial score (nSPS) is 12.6. The molecule has 1 aromatic carbocycles. The molecule has 1 heteroatoms. The maximum atomic E-state index is 2.39. The number of hydrogen-bond donors (Lipinski definition) is 0. The Morgan fingerprint density at radius 2 is 1.14 bits per heavy atom. The van der Waals surface area contributed by atoms with Crippen LogP contribution < -0.4 is 0 Å². The zero-order valence-corrected chi connectivity index (χ0v) is 15.9. The first-order valence-electron chi connectivity index (χ1n) is 9.21. The second kappa shape index (κ2) is 10.4. The molecule has 0 heterocycles. The van der Waals surface area contributed by atoms with Crippen LogP contribution in [-0.2, 0) is 6.16 Å². The van der Waals surface area contributed by atoms with Crippen molar-refractivity contribution in [3.8, 4) is 0 Å². The predicted molar refractivity (Wildman–Crippen MR) is 103 cm³/mol. The first kappa shape index (κ1) is 18.7. The molecule has 0 aromatic heterocycles. The molecule has 0 aliphatic heterocycles. The first-order chi connectivity index (χ1) is 10.2. The number of rotatable bonds is 11. The van der Waals surface area contributed by atoms with Gasteiger partial charge in [0.15, 0.2) is 0 Å². The maximum absolute atomic E-state index is 2.39. The van der Waals surface area contributed by atoms with E-state index >= 15 is 0 Å². The van der Waals surface area contributed by atoms with Gasteiger partial charge < -0.3 is 0 Å². The third-order valence-electron chi connectivity index (χ3n) is 4.88. The molecule has 1 aromatic rings. The van der Waals surface area contributed by atoms with E-state index in [0.717, 1.165) is 0 Å². The van der Waals surface area contributed by atoms with E-state index in [1.165, 1.54) is 50.3 Å². The van der Waals surface area contributed by atoms with Crippen molar-refractivity contribution in [2.45, 2.75) is 72.4 Å². The summed E-state index contributed by atoms with van der Waals surface area (Å²) in [6.45, 7) is 9.25. The summed E-state index contributed by atoms with van der Waals surface area (Å²) in [6.07, 6.45) is 14.5. The van der Waals surface area contributed by atoms with Crippen LogP contribution in [-0.4, -0.2) is 18.5 Å². The predicted octanol–water partition coefficient (Wildman–Crippen LogP) is 6.65. The SMILES string of the molecule is CCCC[PH](CCCC)(CCCC)Cc1ccc(C)cc1. The summed E-state index contributed by atoms with van der Waals surface area (Å²) < 4.78 is 0. The Hall–Kier alpha value is -0.350. The Labute approximate surface area is 134 Å². The van der Waals surface area contributed by atoms with E-state index in [1.807, 2.05) is 0 Å². The van der Waals surface area contributed by atoms with Crippen molar-refractivity contribution in [2.75, 3.05) is 18.5 Å². The molecule has 0 aliphatic rings. The Kier molecular flexibility index (Phi) is 9.25. The van der Waals surface area contributed by atoms with E-state index < -0.39 is 7.26 Å². The summed E-state index contributed by atoms with van der Waals surface area (Å²) in [5, 5.41) is 0. The molecule has 0 aliphatic carbocycles. The fourth-order valence-corrected chi connectivity index (χ4v) is 9.13. The molecule has 21 heavy (non-hydrogen) atoms. The number of unbranched alkanes of at least 4 members (excludes halogenated alkanes) is 3. The van der Waals surface area contributed by atoms with E-state index in [9.17, 15) is 0 Å². The van der Waals surface area contributed by atoms with Crippen molar-refractivity contribution >= 4 is 7.26 Å². The van der Waals surface area contributed by atoms with Crippen LogP contribution in [0.25, 0.3) is 0 Å². The summed E-state index contributed by atoms with van der Waals surface area (Å²) >= 11 is 0. The van der Waals surface area contributed by atoms with Crippen LogP contribution in [0.3, 0.4) is 0 Å². The van der Waals surface area contributed by atoms with Crippen molar-refractivity contribution in [1.82, 2.24) is 0 Å². The summed E-state index contributed by atoms with van der Waals surface area (Å²) in [4.78, 5) is 0. The van der Waals surface area contributed by atoms with Gasteiger partial charge in [0.2, 0.25) is 0 Å². The van der Waals surface area contributed by atoms with Gasteiger partial charge in [-0.2, -0.15) is 0 Å². The topological polar surface area (TPSA) is 0 Å². The van der Waals surface area contributed by atoms with E-state index in [0.29, 0.717) is 0 Å². The Morgan fingerprint density at radius 3 is 1.52 bits per heavy atom. The molecule has 0 unspecified atom stereocenters. The monoisotopic (exact) mass is 308 g/mol. The van der Waals surface area contributed by atoms with Crippen molar-refractivity contribution in [2.24, 2.45) is 0 Å². The van der Waals surface area contributed by atoms with Crippen LogP contribution in [0, 0.1) is 6.92 Å². The second-order valence-corrected chi connectivity index (χ2v) is 11.8. The van der Waals surface area contributed by atoms with Gasteiger partial charge in [-0.1, -0.05) is 0 Å². The van der Waals surface area contributed by atoms with E-state index in [1.54, 1.807) is 24.0 Å². The van der Waals surface area contributed by atoms with Crippen LogP contribution in [0.15, 0.2) is 24.3 Å². The molecule has 0 spiro atoms. The molecular formula is C20H37P. The molecule has 122 valence electrons. The fourth-order valence-electron chi connectivity index (χ4n) is 3.43. The van der Waals surface area contributed by atoms with Gasteiger partial charge in [-0.3, -0.25) is 0 Å². The van der Waals surface area contributed by atoms with Crippen molar-refractivity contribution in [3.05, 3.63) is 35.4 Å². The zero-order valence-electron chi connectivity index (χ0n) is 14.9. The second-order valence-electron chi connectivity index (χ2n) is 6.97. The van der Waals surface area contributed by atoms with Crippen LogP contribution in [0.5, 0.6) is 0 Å². The summed E-state index contributed by atoms with van der Waals surface area (Å²) in [7, 11) is -1.12. The minimum absolute atomic E-state index is 1.12. The van der Waals surface area contributed by atoms with Gasteiger partial charge in [-0.15, -0.1) is 0 Å². The fraction of sp³-hybridized carbons (Fsp3) is 0.700. The number of aryl methyl sites for hydroxylation is 1. The molecule has 0 atom stereocenters. The average molecular weight is 308 g/mol. The van der Waals surface area contributed by atoms with Gasteiger partial charge in [0.25, 0.3) is 0 Å². The third kappa shape index (κ3) is 6.96. The Balaban J connectivity index is 2.85. The van der Waals surface area contributed by atoms with Gasteiger partial charge in [0.05, 0.1) is 0 Å². The van der Waals surface area contributed by atoms with E-state index in [4.69, 9.17) is 0 Å². The van der Waals surface area contributed by atoms with Crippen molar-refractivity contribution in [3.63, 3.8) is 0 Å². The standard InChI is InChI=1S/C20H37P/c1-5-8-15-21(16-9-6-2,17-10-7-3)18-20-13-11-19(4)12-14-20/h11-14,21H,5-10,15-18H2,1-4H3. The molecule has 0 radical (unpaired) electrons. The van der Waals surface area contributed by atoms with Gasteiger partial charge in [0, 0.05) is 0 Å². The molecule has 1 rings (SSSR count). The molecule has 0 N–H and O–H groups in total. The van der Waals surface area contributed by atoms with Crippen LogP contribution in [0.1, 0.15) is 70.4 Å². The summed E-state index contributed by atoms with van der Waals surface area (Å²) in [5.41, 5.74) is 3.00. The van der Waals surface area contributed by atoms with Crippen LogP contribution >= 0.6 is 7.26 Å². The molecular weight excluding hydrogens is 271 g/mol. The molecule has 0 nitrogen and oxygen atoms in total. The number of benzene rings is 1. The van der Waals surface area contributed by atoms with E-state index in [-0.39, 0.29) is 0 Å². The van der Waals surface area contributed by atoms with Crippen LogP contribution in [0.4, 0.5) is 0 Å². The van der Waals surface area contributed by atoms with Crippen molar-refractivity contribution in [1.29, 1.82) is 0 Å². The minimum atomic E-state index is -1.12. The summed E-state index contributed by atoms with van der Waals surface area (Å²) in [5.74, 6) is 0. The van der Waals surface area contributed by atoms with Gasteiger partial charge in [-0.25, -0.2) is 0 Å². The summed E-state index contributed by atoms with van der Waals surface area (Å²) in [6, 6.07) is 9.38. The molecule has 0 amide bonds. The molecule has 0 fully saturated rings. The molecule has 0 saturated carbocycles. The molecule has 0 saturated heterocycles. The van der Waals surface area contributed by atoms with Gasteiger partial charge >= 0.3 is 134 Å². The van der Waals surface area contributed by atoms with Crippen LogP contribution in [0.2, 0.25) is 0 Å². The Morgan fingerprint density at radius 1 is 0.714 bits per heavy atom. The molecule has 0 bridgehead atoms.